The van der Waals surface area contributed by atoms with E-state index in [4.69, 9.17) is 9.47 Å². The maximum atomic E-state index is 12.3. The third-order valence-electron chi connectivity index (χ3n) is 4.44. The summed E-state index contributed by atoms with van der Waals surface area (Å²) in [6, 6.07) is 15.9. The number of benzene rings is 2. The number of hydrogen-bond donors (Lipinski definition) is 1. The lowest BCUT2D eigenvalue weighted by atomic mass is 10.0. The van der Waals surface area contributed by atoms with Gasteiger partial charge in [0, 0.05) is 23.5 Å². The highest BCUT2D eigenvalue weighted by molar-refractivity contribution is 8.19. The predicted octanol–water partition coefficient (Wildman–Crippen LogP) is 4.18. The van der Waals surface area contributed by atoms with Crippen molar-refractivity contribution in [3.05, 3.63) is 59.7 Å². The van der Waals surface area contributed by atoms with Crippen LogP contribution in [0.15, 0.2) is 48.5 Å². The molecule has 0 spiro atoms. The van der Waals surface area contributed by atoms with Gasteiger partial charge >= 0.3 is 0 Å². The lowest BCUT2D eigenvalue weighted by Gasteiger charge is -2.26. The first-order valence-corrected chi connectivity index (χ1v) is 10.9. The van der Waals surface area contributed by atoms with Gasteiger partial charge in [0.2, 0.25) is 0 Å². The molecule has 2 aromatic rings. The fraction of sp³-hybridized carbons (Fsp3) is 0.350. The Hall–Kier alpha value is -1.79. The first-order chi connectivity index (χ1) is 12.8. The van der Waals surface area contributed by atoms with E-state index in [1.807, 2.05) is 59.9 Å². The van der Waals surface area contributed by atoms with Crippen molar-refractivity contribution in [2.45, 2.75) is 17.0 Å². The van der Waals surface area contributed by atoms with E-state index in [0.717, 1.165) is 23.5 Å². The van der Waals surface area contributed by atoms with Crippen LogP contribution in [0.4, 0.5) is 0 Å². The quantitative estimate of drug-likeness (QED) is 0.834. The highest BCUT2D eigenvalue weighted by atomic mass is 32.2. The van der Waals surface area contributed by atoms with Crippen LogP contribution in [0.5, 0.6) is 11.5 Å². The van der Waals surface area contributed by atoms with E-state index in [-0.39, 0.29) is 18.6 Å². The van der Waals surface area contributed by atoms with E-state index in [1.165, 1.54) is 17.1 Å². The Morgan fingerprint density at radius 1 is 1.12 bits per heavy atom. The highest BCUT2D eigenvalue weighted by Crippen LogP contribution is 2.45. The molecule has 2 aliphatic rings. The van der Waals surface area contributed by atoms with Crippen molar-refractivity contribution in [2.24, 2.45) is 0 Å². The van der Waals surface area contributed by atoms with Gasteiger partial charge in [0.05, 0.1) is 17.2 Å². The second kappa shape index (κ2) is 8.27. The van der Waals surface area contributed by atoms with E-state index in [0.29, 0.717) is 11.2 Å². The van der Waals surface area contributed by atoms with Crippen LogP contribution in [0.2, 0.25) is 0 Å². The monoisotopic (exact) mass is 387 g/mol. The van der Waals surface area contributed by atoms with Gasteiger partial charge < -0.3 is 14.8 Å². The molecular formula is C20H21NO3S2. The lowest BCUT2D eigenvalue weighted by Crippen LogP contribution is -2.35. The second-order valence-electron chi connectivity index (χ2n) is 6.23. The first kappa shape index (κ1) is 17.6. The van der Waals surface area contributed by atoms with Crippen LogP contribution >= 0.6 is 23.5 Å². The number of carbonyl (C=O) groups excluding carboxylic acids is 1. The van der Waals surface area contributed by atoms with Gasteiger partial charge in [-0.3, -0.25) is 4.79 Å². The fourth-order valence-electron chi connectivity index (χ4n) is 3.15. The number of para-hydroxylation sites is 1. The zero-order valence-electron chi connectivity index (χ0n) is 14.4. The van der Waals surface area contributed by atoms with Gasteiger partial charge in [0.25, 0.3) is 5.91 Å². The van der Waals surface area contributed by atoms with Crippen LogP contribution in [-0.4, -0.2) is 30.6 Å². The Bertz CT molecular complexity index is 760. The van der Waals surface area contributed by atoms with Crippen LogP contribution in [-0.2, 0) is 4.79 Å². The molecule has 2 heterocycles. The maximum Gasteiger partial charge on any atom is 0.258 e. The summed E-state index contributed by atoms with van der Waals surface area (Å²) < 4.78 is 11.8. The third-order valence-corrected chi connectivity index (χ3v) is 7.54. The van der Waals surface area contributed by atoms with Gasteiger partial charge in [0.15, 0.2) is 6.61 Å². The van der Waals surface area contributed by atoms with Crippen LogP contribution in [0.1, 0.15) is 28.2 Å². The summed E-state index contributed by atoms with van der Waals surface area (Å²) in [4.78, 5) is 12.3. The van der Waals surface area contributed by atoms with Crippen LogP contribution in [0.25, 0.3) is 0 Å². The van der Waals surface area contributed by atoms with Crippen molar-refractivity contribution in [1.29, 1.82) is 0 Å². The molecule has 0 radical (unpaired) electrons. The number of fused-ring (bicyclic) bond motifs is 1. The van der Waals surface area contributed by atoms with Crippen molar-refractivity contribution in [3.63, 3.8) is 0 Å². The molecule has 1 fully saturated rings. The first-order valence-electron chi connectivity index (χ1n) is 8.77. The molecule has 0 unspecified atom stereocenters. The van der Waals surface area contributed by atoms with E-state index in [9.17, 15) is 4.79 Å². The van der Waals surface area contributed by atoms with E-state index >= 15 is 0 Å². The molecule has 1 atom stereocenters. The number of thioether (sulfide) groups is 2. The minimum Gasteiger partial charge on any atom is -0.493 e. The summed E-state index contributed by atoms with van der Waals surface area (Å²) >= 11 is 3.96. The molecule has 0 aliphatic carbocycles. The van der Waals surface area contributed by atoms with Crippen LogP contribution in [0, 0.1) is 0 Å². The Morgan fingerprint density at radius 2 is 1.88 bits per heavy atom. The lowest BCUT2D eigenvalue weighted by molar-refractivity contribution is -0.124. The smallest absolute Gasteiger partial charge is 0.258 e. The standard InChI is InChI=1S/C20H21NO3S2/c22-19(21-17-9-10-23-18-4-2-1-3-16(17)18)13-24-15-7-5-14(6-8-15)20-25-11-12-26-20/h1-8,17,20H,9-13H2,(H,21,22)/t17-/m0/s1. The molecule has 2 aliphatic heterocycles. The minimum absolute atomic E-state index is 0.0187. The Morgan fingerprint density at radius 3 is 2.69 bits per heavy atom. The summed E-state index contributed by atoms with van der Waals surface area (Å²) in [6.07, 6.45) is 0.772. The molecule has 2 aromatic carbocycles. The SMILES string of the molecule is O=C(COc1ccc(C2SCCS2)cc1)N[C@H]1CCOc2ccccc21. The second-order valence-corrected chi connectivity index (χ2v) is 8.95. The van der Waals surface area contributed by atoms with Crippen molar-refractivity contribution >= 4 is 29.4 Å². The number of amides is 1. The maximum absolute atomic E-state index is 12.3. The van der Waals surface area contributed by atoms with Crippen molar-refractivity contribution in [1.82, 2.24) is 5.32 Å². The number of hydrogen-bond acceptors (Lipinski definition) is 5. The van der Waals surface area contributed by atoms with Gasteiger partial charge in [0.1, 0.15) is 11.5 Å². The molecule has 4 nitrogen and oxygen atoms in total. The highest BCUT2D eigenvalue weighted by Gasteiger charge is 2.22. The summed E-state index contributed by atoms with van der Waals surface area (Å²) in [5.41, 5.74) is 2.34. The molecule has 1 saturated heterocycles. The zero-order chi connectivity index (χ0) is 17.8. The summed E-state index contributed by atoms with van der Waals surface area (Å²) in [6.45, 7) is 0.632. The zero-order valence-corrected chi connectivity index (χ0v) is 16.0. The molecular weight excluding hydrogens is 366 g/mol. The normalized spacial score (nSPS) is 19.5. The summed E-state index contributed by atoms with van der Waals surface area (Å²) in [5.74, 6) is 3.89. The van der Waals surface area contributed by atoms with Gasteiger partial charge in [-0.25, -0.2) is 0 Å². The largest absolute Gasteiger partial charge is 0.493 e. The van der Waals surface area contributed by atoms with E-state index in [1.54, 1.807) is 0 Å². The molecule has 136 valence electrons. The van der Waals surface area contributed by atoms with Gasteiger partial charge in [-0.15, -0.1) is 23.5 Å². The average Bonchev–Trinajstić information content (AvgIpc) is 3.22. The molecule has 0 saturated carbocycles. The van der Waals surface area contributed by atoms with Crippen molar-refractivity contribution in [2.75, 3.05) is 24.7 Å². The molecule has 1 amide bonds. The van der Waals surface area contributed by atoms with Crippen molar-refractivity contribution < 1.29 is 14.3 Å². The van der Waals surface area contributed by atoms with Crippen molar-refractivity contribution in [3.8, 4) is 11.5 Å². The van der Waals surface area contributed by atoms with Gasteiger partial charge in [-0.2, -0.15) is 0 Å². The van der Waals surface area contributed by atoms with E-state index < -0.39 is 0 Å². The number of nitrogens with one attached hydrogen (secondary N) is 1. The number of ether oxygens (including phenoxy) is 2. The molecule has 0 bridgehead atoms. The minimum atomic E-state index is -0.113. The number of carbonyl (C=O) groups is 1. The molecule has 0 aromatic heterocycles. The third kappa shape index (κ3) is 4.13. The average molecular weight is 388 g/mol. The summed E-state index contributed by atoms with van der Waals surface area (Å²) in [7, 11) is 0. The predicted molar refractivity (Wildman–Crippen MR) is 107 cm³/mol. The molecule has 4 rings (SSSR count). The topological polar surface area (TPSA) is 47.6 Å². The summed E-state index contributed by atoms with van der Waals surface area (Å²) in [5, 5.41) is 3.05. The Labute approximate surface area is 162 Å². The van der Waals surface area contributed by atoms with E-state index in [2.05, 4.69) is 17.4 Å². The fourth-order valence-corrected chi connectivity index (χ4v) is 6.01. The van der Waals surface area contributed by atoms with Crippen LogP contribution < -0.4 is 14.8 Å². The molecule has 26 heavy (non-hydrogen) atoms. The Balaban J connectivity index is 1.30. The number of rotatable bonds is 5. The molecule has 1 N–H and O–H groups in total. The van der Waals surface area contributed by atoms with Crippen LogP contribution in [0.3, 0.4) is 0 Å². The van der Waals surface area contributed by atoms with Gasteiger partial charge in [-0.1, -0.05) is 30.3 Å². The Kier molecular flexibility index (Phi) is 5.60. The molecule has 6 heteroatoms. The van der Waals surface area contributed by atoms with Gasteiger partial charge in [-0.05, 0) is 23.8 Å².